The third-order valence-corrected chi connectivity index (χ3v) is 4.88. The lowest BCUT2D eigenvalue weighted by molar-refractivity contribution is 1.06. The van der Waals surface area contributed by atoms with Gasteiger partial charge in [-0.2, -0.15) is 0 Å². The highest BCUT2D eigenvalue weighted by molar-refractivity contribution is 7.99. The molecule has 0 unspecified atom stereocenters. The van der Waals surface area contributed by atoms with E-state index in [0.29, 0.717) is 11.5 Å². The summed E-state index contributed by atoms with van der Waals surface area (Å²) in [4.78, 5) is 9.70. The Kier molecular flexibility index (Phi) is 4.71. The molecule has 5 heteroatoms. The zero-order valence-electron chi connectivity index (χ0n) is 14.0. The number of nitrogens with one attached hydrogen (secondary N) is 1. The zero-order chi connectivity index (χ0) is 17.1. The first-order chi connectivity index (χ1) is 11.5. The van der Waals surface area contributed by atoms with Crippen molar-refractivity contribution in [3.05, 3.63) is 65.5 Å². The van der Waals surface area contributed by atoms with E-state index in [4.69, 9.17) is 5.73 Å². The Hall–Kier alpha value is -2.53. The topological polar surface area (TPSA) is 63.8 Å². The van der Waals surface area contributed by atoms with Crippen molar-refractivity contribution >= 4 is 29.0 Å². The molecular formula is C19H20N4S. The molecule has 0 saturated heterocycles. The first-order valence-corrected chi connectivity index (χ1v) is 8.54. The maximum Gasteiger partial charge on any atom is 0.158 e. The summed E-state index contributed by atoms with van der Waals surface area (Å²) in [5.41, 5.74) is 11.5. The SMILES string of the molecule is Cc1ccc(Sc2ncnc(Nc3ccc(C)c(C)c3)c2N)cc1. The molecule has 2 aromatic carbocycles. The highest BCUT2D eigenvalue weighted by Crippen LogP contribution is 2.34. The van der Waals surface area contributed by atoms with Crippen molar-refractivity contribution in [1.29, 1.82) is 0 Å². The zero-order valence-corrected chi connectivity index (χ0v) is 14.8. The standard InChI is InChI=1S/C19H20N4S/c1-12-4-8-16(9-5-12)24-19-17(20)18(21-11-22-19)23-15-7-6-13(2)14(3)10-15/h4-11H,20H2,1-3H3,(H,21,22,23). The number of benzene rings is 2. The second-order valence-electron chi connectivity index (χ2n) is 5.78. The number of aromatic nitrogens is 2. The van der Waals surface area contributed by atoms with Gasteiger partial charge in [0.2, 0.25) is 0 Å². The molecule has 0 aliphatic carbocycles. The quantitative estimate of drug-likeness (QED) is 0.665. The van der Waals surface area contributed by atoms with Crippen LogP contribution in [-0.2, 0) is 0 Å². The molecule has 0 fully saturated rings. The molecule has 1 heterocycles. The van der Waals surface area contributed by atoms with Gasteiger partial charge >= 0.3 is 0 Å². The Morgan fingerprint density at radius 1 is 0.917 bits per heavy atom. The van der Waals surface area contributed by atoms with Gasteiger partial charge in [0.05, 0.1) is 0 Å². The van der Waals surface area contributed by atoms with E-state index in [-0.39, 0.29) is 0 Å². The van der Waals surface area contributed by atoms with E-state index in [0.717, 1.165) is 15.6 Å². The number of nitrogens with two attached hydrogens (primary N) is 1. The van der Waals surface area contributed by atoms with Crippen LogP contribution in [0.2, 0.25) is 0 Å². The minimum absolute atomic E-state index is 0.557. The number of nitrogen functional groups attached to an aromatic ring is 1. The Labute approximate surface area is 146 Å². The summed E-state index contributed by atoms with van der Waals surface area (Å²) < 4.78 is 0. The predicted octanol–water partition coefficient (Wildman–Crippen LogP) is 4.88. The molecule has 3 rings (SSSR count). The van der Waals surface area contributed by atoms with Gasteiger partial charge in [-0.25, -0.2) is 9.97 Å². The van der Waals surface area contributed by atoms with Gasteiger partial charge in [0.1, 0.15) is 17.0 Å². The normalized spacial score (nSPS) is 10.6. The van der Waals surface area contributed by atoms with Gasteiger partial charge in [-0.05, 0) is 56.2 Å². The Balaban J connectivity index is 1.84. The van der Waals surface area contributed by atoms with Gasteiger partial charge in [0.25, 0.3) is 0 Å². The van der Waals surface area contributed by atoms with Crippen LogP contribution in [0.3, 0.4) is 0 Å². The number of anilines is 3. The van der Waals surface area contributed by atoms with Crippen LogP contribution in [0.1, 0.15) is 16.7 Å². The van der Waals surface area contributed by atoms with Crippen LogP contribution in [0.4, 0.5) is 17.2 Å². The van der Waals surface area contributed by atoms with E-state index in [9.17, 15) is 0 Å². The van der Waals surface area contributed by atoms with Crippen molar-refractivity contribution in [2.45, 2.75) is 30.7 Å². The van der Waals surface area contributed by atoms with Gasteiger partial charge < -0.3 is 11.1 Å². The van der Waals surface area contributed by atoms with Gasteiger partial charge in [0.15, 0.2) is 5.82 Å². The Bertz CT molecular complexity index is 860. The van der Waals surface area contributed by atoms with Crippen molar-refractivity contribution in [1.82, 2.24) is 9.97 Å². The lowest BCUT2D eigenvalue weighted by Crippen LogP contribution is -2.02. The highest BCUT2D eigenvalue weighted by Gasteiger charge is 2.10. The minimum atomic E-state index is 0.557. The average molecular weight is 336 g/mol. The van der Waals surface area contributed by atoms with Crippen LogP contribution in [0.15, 0.2) is 58.7 Å². The fourth-order valence-corrected chi connectivity index (χ4v) is 3.04. The van der Waals surface area contributed by atoms with E-state index in [1.165, 1.54) is 34.8 Å². The molecule has 0 saturated carbocycles. The highest BCUT2D eigenvalue weighted by atomic mass is 32.2. The molecule has 3 aromatic rings. The number of hydrogen-bond acceptors (Lipinski definition) is 5. The van der Waals surface area contributed by atoms with Crippen LogP contribution in [0.25, 0.3) is 0 Å². The van der Waals surface area contributed by atoms with Crippen LogP contribution < -0.4 is 11.1 Å². The fraction of sp³-hybridized carbons (Fsp3) is 0.158. The third-order valence-electron chi connectivity index (χ3n) is 3.85. The van der Waals surface area contributed by atoms with E-state index in [2.05, 4.69) is 72.5 Å². The van der Waals surface area contributed by atoms with Crippen molar-refractivity contribution in [3.8, 4) is 0 Å². The lowest BCUT2D eigenvalue weighted by atomic mass is 10.1. The molecule has 0 radical (unpaired) electrons. The van der Waals surface area contributed by atoms with Crippen LogP contribution in [0, 0.1) is 20.8 Å². The third kappa shape index (κ3) is 3.68. The average Bonchev–Trinajstić information content (AvgIpc) is 2.57. The first kappa shape index (κ1) is 16.3. The molecule has 24 heavy (non-hydrogen) atoms. The second-order valence-corrected chi connectivity index (χ2v) is 6.84. The van der Waals surface area contributed by atoms with E-state index in [1.807, 2.05) is 6.07 Å². The molecule has 4 nitrogen and oxygen atoms in total. The summed E-state index contributed by atoms with van der Waals surface area (Å²) >= 11 is 1.54. The van der Waals surface area contributed by atoms with E-state index in [1.54, 1.807) is 0 Å². The van der Waals surface area contributed by atoms with Crippen LogP contribution >= 0.6 is 11.8 Å². The monoisotopic (exact) mass is 336 g/mol. The van der Waals surface area contributed by atoms with Crippen LogP contribution in [0.5, 0.6) is 0 Å². The van der Waals surface area contributed by atoms with E-state index < -0.39 is 0 Å². The van der Waals surface area contributed by atoms with Crippen molar-refractivity contribution in [2.75, 3.05) is 11.1 Å². The smallest absolute Gasteiger partial charge is 0.158 e. The molecule has 0 spiro atoms. The largest absolute Gasteiger partial charge is 0.394 e. The summed E-state index contributed by atoms with van der Waals surface area (Å²) in [5, 5.41) is 4.04. The molecule has 0 bridgehead atoms. The first-order valence-electron chi connectivity index (χ1n) is 7.72. The molecule has 3 N–H and O–H groups in total. The van der Waals surface area contributed by atoms with Crippen molar-refractivity contribution < 1.29 is 0 Å². The maximum absolute atomic E-state index is 6.27. The summed E-state index contributed by atoms with van der Waals surface area (Å²) in [7, 11) is 0. The molecular weight excluding hydrogens is 316 g/mol. The molecule has 122 valence electrons. The van der Waals surface area contributed by atoms with Gasteiger partial charge in [-0.3, -0.25) is 0 Å². The Morgan fingerprint density at radius 2 is 1.67 bits per heavy atom. The minimum Gasteiger partial charge on any atom is -0.394 e. The fourth-order valence-electron chi connectivity index (χ4n) is 2.23. The van der Waals surface area contributed by atoms with Gasteiger partial charge in [0, 0.05) is 10.6 Å². The summed E-state index contributed by atoms with van der Waals surface area (Å²) in [6, 6.07) is 14.5. The molecule has 1 aromatic heterocycles. The second kappa shape index (κ2) is 6.93. The van der Waals surface area contributed by atoms with Gasteiger partial charge in [-0.1, -0.05) is 35.5 Å². The molecule has 0 aliphatic heterocycles. The molecule has 0 aliphatic rings. The van der Waals surface area contributed by atoms with E-state index >= 15 is 0 Å². The van der Waals surface area contributed by atoms with Crippen LogP contribution in [-0.4, -0.2) is 9.97 Å². The number of hydrogen-bond donors (Lipinski definition) is 2. The predicted molar refractivity (Wildman–Crippen MR) is 101 cm³/mol. The Morgan fingerprint density at radius 3 is 2.38 bits per heavy atom. The number of rotatable bonds is 4. The lowest BCUT2D eigenvalue weighted by Gasteiger charge is -2.12. The van der Waals surface area contributed by atoms with Gasteiger partial charge in [-0.15, -0.1) is 0 Å². The van der Waals surface area contributed by atoms with Crippen molar-refractivity contribution in [2.24, 2.45) is 0 Å². The maximum atomic E-state index is 6.27. The molecule has 0 atom stereocenters. The summed E-state index contributed by atoms with van der Waals surface area (Å²) in [6.45, 7) is 6.25. The summed E-state index contributed by atoms with van der Waals surface area (Å²) in [5.74, 6) is 0.628. The summed E-state index contributed by atoms with van der Waals surface area (Å²) in [6.07, 6.45) is 1.54. The number of nitrogens with zero attached hydrogens (tertiary/aromatic N) is 2. The molecule has 0 amide bonds. The number of aryl methyl sites for hydroxylation is 3. The van der Waals surface area contributed by atoms with Crippen molar-refractivity contribution in [3.63, 3.8) is 0 Å².